The first-order valence-corrected chi connectivity index (χ1v) is 12.8. The van der Waals surface area contributed by atoms with Crippen LogP contribution in [-0.2, 0) is 14.3 Å². The van der Waals surface area contributed by atoms with Gasteiger partial charge in [0.05, 0.1) is 56.8 Å². The van der Waals surface area contributed by atoms with Crippen molar-refractivity contribution in [2.75, 3.05) is 51.3 Å². The third-order valence-electron chi connectivity index (χ3n) is 6.85. The molecule has 11 nitrogen and oxygen atoms in total. The van der Waals surface area contributed by atoms with Crippen molar-refractivity contribution in [1.29, 1.82) is 0 Å². The molecule has 2 aromatic heterocycles. The summed E-state index contributed by atoms with van der Waals surface area (Å²) in [6, 6.07) is 2.06. The molecule has 0 bridgehead atoms. The average molecular weight is 557 g/mol. The Morgan fingerprint density at radius 2 is 1.75 bits per heavy atom. The van der Waals surface area contributed by atoms with Gasteiger partial charge in [0.15, 0.2) is 29.0 Å². The number of nitrogens with zero attached hydrogens (tertiary/aromatic N) is 3. The molecule has 212 valence electrons. The van der Waals surface area contributed by atoms with Gasteiger partial charge in [0.25, 0.3) is 0 Å². The third-order valence-corrected chi connectivity index (χ3v) is 6.85. The maximum atomic E-state index is 15.4. The van der Waals surface area contributed by atoms with Crippen LogP contribution in [0.15, 0.2) is 31.0 Å². The van der Waals surface area contributed by atoms with Gasteiger partial charge < -0.3 is 34.9 Å². The minimum atomic E-state index is -0.910. The number of hydrogen-bond donors (Lipinski definition) is 3. The predicted molar refractivity (Wildman–Crippen MR) is 144 cm³/mol. The van der Waals surface area contributed by atoms with E-state index >= 15 is 8.78 Å². The molecule has 2 fully saturated rings. The van der Waals surface area contributed by atoms with Crippen molar-refractivity contribution < 1.29 is 32.5 Å². The fourth-order valence-electron chi connectivity index (χ4n) is 4.75. The van der Waals surface area contributed by atoms with Gasteiger partial charge in [-0.25, -0.2) is 23.7 Å². The summed E-state index contributed by atoms with van der Waals surface area (Å²) in [5.41, 5.74) is 0.0525. The number of ether oxygens (including phenoxy) is 4. The topological polar surface area (TPSA) is 129 Å². The van der Waals surface area contributed by atoms with Gasteiger partial charge in [0.2, 0.25) is 11.9 Å². The van der Waals surface area contributed by atoms with Crippen molar-refractivity contribution in [2.45, 2.75) is 31.0 Å². The van der Waals surface area contributed by atoms with Crippen molar-refractivity contribution in [3.05, 3.63) is 42.6 Å². The standard InChI is InChI=1S/C27H30F2N6O5/c1-4-21(36)32-16-6-8-40-13-18(16)34-27-30-11-14-9-17(22-23(28)19(37-2)10-20(38-3)24(22)29)33-26(25(14)35-27)31-15-5-7-39-12-15/h4,9-11,15-16,18H,1,5-8,12-13H2,2-3H3,(H,31,33)(H,32,36)(H,30,34,35)/t15?,16-,18+/m0/s1. The molecule has 5 rings (SSSR count). The second-order valence-electron chi connectivity index (χ2n) is 9.41. The van der Waals surface area contributed by atoms with Crippen LogP contribution in [0.2, 0.25) is 0 Å². The van der Waals surface area contributed by atoms with Crippen molar-refractivity contribution in [3.8, 4) is 22.8 Å². The van der Waals surface area contributed by atoms with E-state index in [0.29, 0.717) is 49.6 Å². The number of amides is 1. The van der Waals surface area contributed by atoms with Crippen LogP contribution in [0.3, 0.4) is 0 Å². The number of carbonyl (C=O) groups is 1. The van der Waals surface area contributed by atoms with Crippen LogP contribution in [0, 0.1) is 11.6 Å². The average Bonchev–Trinajstić information content (AvgIpc) is 3.47. The maximum Gasteiger partial charge on any atom is 0.243 e. The van der Waals surface area contributed by atoms with Crippen LogP contribution in [-0.4, -0.2) is 79.6 Å². The Bertz CT molecular complexity index is 1390. The second-order valence-corrected chi connectivity index (χ2v) is 9.41. The summed E-state index contributed by atoms with van der Waals surface area (Å²) in [6.45, 7) is 5.37. The smallest absolute Gasteiger partial charge is 0.243 e. The first-order valence-electron chi connectivity index (χ1n) is 12.8. The lowest BCUT2D eigenvalue weighted by Crippen LogP contribution is -2.52. The molecule has 4 heterocycles. The molecule has 2 aliphatic rings. The molecular formula is C27H30F2N6O5. The van der Waals surface area contributed by atoms with Gasteiger partial charge in [-0.1, -0.05) is 6.58 Å². The van der Waals surface area contributed by atoms with Crippen LogP contribution in [0.1, 0.15) is 12.8 Å². The Kier molecular flexibility index (Phi) is 8.21. The van der Waals surface area contributed by atoms with E-state index < -0.39 is 17.2 Å². The van der Waals surface area contributed by atoms with Crippen molar-refractivity contribution in [2.24, 2.45) is 0 Å². The molecule has 3 N–H and O–H groups in total. The van der Waals surface area contributed by atoms with E-state index in [1.54, 1.807) is 6.20 Å². The van der Waals surface area contributed by atoms with Gasteiger partial charge in [0, 0.05) is 30.9 Å². The molecule has 1 amide bonds. The summed E-state index contributed by atoms with van der Waals surface area (Å²) < 4.78 is 52.0. The number of anilines is 2. The molecule has 0 spiro atoms. The largest absolute Gasteiger partial charge is 0.494 e. The Morgan fingerprint density at radius 3 is 2.42 bits per heavy atom. The quantitative estimate of drug-likeness (QED) is 0.338. The Balaban J connectivity index is 1.56. The van der Waals surface area contributed by atoms with Gasteiger partial charge in [-0.2, -0.15) is 0 Å². The summed E-state index contributed by atoms with van der Waals surface area (Å²) >= 11 is 0. The molecule has 13 heteroatoms. The van der Waals surface area contributed by atoms with Gasteiger partial charge >= 0.3 is 0 Å². The van der Waals surface area contributed by atoms with Crippen molar-refractivity contribution >= 4 is 28.6 Å². The molecular weight excluding hydrogens is 526 g/mol. The fourth-order valence-corrected chi connectivity index (χ4v) is 4.75. The first-order chi connectivity index (χ1) is 19.4. The summed E-state index contributed by atoms with van der Waals surface area (Å²) in [4.78, 5) is 25.6. The van der Waals surface area contributed by atoms with Gasteiger partial charge in [-0.15, -0.1) is 0 Å². The first kappa shape index (κ1) is 27.5. The Hall–Kier alpha value is -4.10. The van der Waals surface area contributed by atoms with Crippen LogP contribution < -0.4 is 25.4 Å². The monoisotopic (exact) mass is 556 g/mol. The number of halogens is 2. The molecule has 2 aliphatic heterocycles. The van der Waals surface area contributed by atoms with Crippen LogP contribution in [0.5, 0.6) is 11.5 Å². The van der Waals surface area contributed by atoms with Gasteiger partial charge in [-0.05, 0) is 25.0 Å². The number of nitrogens with one attached hydrogen (secondary N) is 3. The zero-order valence-electron chi connectivity index (χ0n) is 22.1. The lowest BCUT2D eigenvalue weighted by molar-refractivity contribution is -0.117. The number of carbonyl (C=O) groups excluding carboxylic acids is 1. The van der Waals surface area contributed by atoms with E-state index in [4.69, 9.17) is 18.9 Å². The zero-order chi connectivity index (χ0) is 28.2. The molecule has 1 aromatic carbocycles. The van der Waals surface area contributed by atoms with Gasteiger partial charge in [0.1, 0.15) is 5.52 Å². The normalized spacial score (nSPS) is 20.6. The number of hydrogen-bond acceptors (Lipinski definition) is 10. The summed E-state index contributed by atoms with van der Waals surface area (Å²) in [5.74, 6) is -1.88. The highest BCUT2D eigenvalue weighted by Crippen LogP contribution is 2.38. The number of benzene rings is 1. The molecule has 0 saturated carbocycles. The molecule has 0 radical (unpaired) electrons. The molecule has 3 aromatic rings. The highest BCUT2D eigenvalue weighted by Gasteiger charge is 2.28. The minimum absolute atomic E-state index is 0.0123. The molecule has 2 saturated heterocycles. The number of fused-ring (bicyclic) bond motifs is 1. The number of pyridine rings is 1. The SMILES string of the molecule is C=CC(=O)N[C@H]1CCOC[C@H]1Nc1ncc2cc(-c3c(F)c(OC)cc(OC)c3F)nc(NC3CCOC3)c2n1. The fraction of sp³-hybridized carbons (Fsp3) is 0.407. The van der Waals surface area contributed by atoms with Crippen LogP contribution in [0.25, 0.3) is 22.2 Å². The third kappa shape index (κ3) is 5.61. The van der Waals surface area contributed by atoms with E-state index in [9.17, 15) is 4.79 Å². The minimum Gasteiger partial charge on any atom is -0.494 e. The molecule has 1 unspecified atom stereocenters. The van der Waals surface area contributed by atoms with Crippen molar-refractivity contribution in [1.82, 2.24) is 20.3 Å². The van der Waals surface area contributed by atoms with Crippen molar-refractivity contribution in [3.63, 3.8) is 0 Å². The van der Waals surface area contributed by atoms with Crippen LogP contribution >= 0.6 is 0 Å². The summed E-state index contributed by atoms with van der Waals surface area (Å²) in [7, 11) is 2.57. The van der Waals surface area contributed by atoms with E-state index in [1.807, 2.05) is 0 Å². The number of aromatic nitrogens is 3. The van der Waals surface area contributed by atoms with Crippen LogP contribution in [0.4, 0.5) is 20.5 Å². The lowest BCUT2D eigenvalue weighted by atomic mass is 10.0. The highest BCUT2D eigenvalue weighted by molar-refractivity contribution is 5.92. The number of rotatable bonds is 9. The second kappa shape index (κ2) is 12.0. The lowest BCUT2D eigenvalue weighted by Gasteiger charge is -2.32. The zero-order valence-corrected chi connectivity index (χ0v) is 22.1. The molecule has 3 atom stereocenters. The number of methoxy groups -OCH3 is 2. The molecule has 40 heavy (non-hydrogen) atoms. The predicted octanol–water partition coefficient (Wildman–Crippen LogP) is 3.06. The molecule has 0 aliphatic carbocycles. The summed E-state index contributed by atoms with van der Waals surface area (Å²) in [5, 5.41) is 9.95. The maximum absolute atomic E-state index is 15.4. The van der Waals surface area contributed by atoms with E-state index in [1.165, 1.54) is 26.4 Å². The highest BCUT2D eigenvalue weighted by atomic mass is 19.1. The van der Waals surface area contributed by atoms with E-state index in [2.05, 4.69) is 37.5 Å². The Morgan fingerprint density at radius 1 is 1.02 bits per heavy atom. The summed E-state index contributed by atoms with van der Waals surface area (Å²) in [6.07, 6.45) is 4.09. The van der Waals surface area contributed by atoms with E-state index in [0.717, 1.165) is 12.5 Å². The van der Waals surface area contributed by atoms with E-state index in [-0.39, 0.29) is 47.2 Å². The van der Waals surface area contributed by atoms with Gasteiger partial charge in [-0.3, -0.25) is 4.79 Å². The Labute approximate surface area is 229 Å².